The molecular weight excluding hydrogens is 328 g/mol. The van der Waals surface area contributed by atoms with Gasteiger partial charge in [-0.05, 0) is 38.3 Å². The van der Waals surface area contributed by atoms with Crippen LogP contribution in [0.25, 0.3) is 0 Å². The molecule has 3 aliphatic heterocycles. The lowest BCUT2D eigenvalue weighted by Gasteiger charge is -2.32. The van der Waals surface area contributed by atoms with Gasteiger partial charge in [0.2, 0.25) is 5.91 Å². The summed E-state index contributed by atoms with van der Waals surface area (Å²) in [5, 5.41) is 3.35. The fourth-order valence-corrected chi connectivity index (χ4v) is 4.01. The lowest BCUT2D eigenvalue weighted by Crippen LogP contribution is -2.42. The lowest BCUT2D eigenvalue weighted by atomic mass is 9.96. The van der Waals surface area contributed by atoms with Crippen LogP contribution in [0.1, 0.15) is 37.3 Å². The third kappa shape index (κ3) is 3.20. The van der Waals surface area contributed by atoms with E-state index in [1.807, 2.05) is 12.1 Å². The number of likely N-dealkylation sites (tertiary alicyclic amines) is 1. The van der Waals surface area contributed by atoms with Crippen LogP contribution in [0.3, 0.4) is 0 Å². The normalized spacial score (nSPS) is 25.9. The number of halogens is 1. The number of para-hydroxylation sites is 1. The summed E-state index contributed by atoms with van der Waals surface area (Å²) in [6.45, 7) is 3.87. The van der Waals surface area contributed by atoms with Crippen molar-refractivity contribution in [3.63, 3.8) is 0 Å². The van der Waals surface area contributed by atoms with Gasteiger partial charge in [-0.25, -0.2) is 0 Å². The Morgan fingerprint density at radius 2 is 2.04 bits per heavy atom. The third-order valence-corrected chi connectivity index (χ3v) is 5.14. The fraction of sp³-hybridized carbons (Fsp3) is 0.611. The van der Waals surface area contributed by atoms with Crippen LogP contribution in [0.15, 0.2) is 18.2 Å². The third-order valence-electron chi connectivity index (χ3n) is 5.14. The molecule has 6 heteroatoms. The van der Waals surface area contributed by atoms with Crippen LogP contribution in [-0.2, 0) is 4.79 Å². The van der Waals surface area contributed by atoms with Crippen LogP contribution in [-0.4, -0.2) is 43.7 Å². The Hall–Kier alpha value is -1.46. The minimum atomic E-state index is 0. The van der Waals surface area contributed by atoms with Gasteiger partial charge in [0, 0.05) is 18.7 Å². The summed E-state index contributed by atoms with van der Waals surface area (Å²) < 4.78 is 11.6. The van der Waals surface area contributed by atoms with Gasteiger partial charge in [0.25, 0.3) is 0 Å². The van der Waals surface area contributed by atoms with E-state index in [9.17, 15) is 4.79 Å². The molecule has 2 atom stereocenters. The zero-order chi connectivity index (χ0) is 15.6. The molecule has 5 nitrogen and oxygen atoms in total. The molecule has 1 aromatic rings. The molecule has 3 aliphatic rings. The monoisotopic (exact) mass is 352 g/mol. The van der Waals surface area contributed by atoms with Crippen LogP contribution in [0.4, 0.5) is 0 Å². The molecule has 24 heavy (non-hydrogen) atoms. The fourth-order valence-electron chi connectivity index (χ4n) is 4.01. The zero-order valence-electron chi connectivity index (χ0n) is 13.8. The van der Waals surface area contributed by atoms with E-state index >= 15 is 0 Å². The van der Waals surface area contributed by atoms with E-state index in [4.69, 9.17) is 9.47 Å². The number of ether oxygens (including phenoxy) is 2. The van der Waals surface area contributed by atoms with Crippen molar-refractivity contribution < 1.29 is 14.3 Å². The van der Waals surface area contributed by atoms with Gasteiger partial charge in [-0.2, -0.15) is 0 Å². The number of carbonyl (C=O) groups is 1. The highest BCUT2D eigenvalue weighted by Gasteiger charge is 2.36. The van der Waals surface area contributed by atoms with E-state index in [1.165, 1.54) is 0 Å². The van der Waals surface area contributed by atoms with Crippen molar-refractivity contribution in [2.24, 2.45) is 5.92 Å². The summed E-state index contributed by atoms with van der Waals surface area (Å²) >= 11 is 0. The summed E-state index contributed by atoms with van der Waals surface area (Å²) in [5.41, 5.74) is 1.11. The number of hydrogen-bond acceptors (Lipinski definition) is 4. The van der Waals surface area contributed by atoms with E-state index in [0.717, 1.165) is 62.4 Å². The second kappa shape index (κ2) is 7.62. The minimum absolute atomic E-state index is 0. The van der Waals surface area contributed by atoms with Crippen LogP contribution in [0.2, 0.25) is 0 Å². The zero-order valence-corrected chi connectivity index (χ0v) is 14.6. The minimum Gasteiger partial charge on any atom is -0.486 e. The number of hydrogen-bond donors (Lipinski definition) is 1. The van der Waals surface area contributed by atoms with Crippen LogP contribution >= 0.6 is 12.4 Å². The number of fused-ring (bicyclic) bond motifs is 1. The Kier molecular flexibility index (Phi) is 5.51. The first-order valence-corrected chi connectivity index (χ1v) is 8.74. The smallest absolute Gasteiger partial charge is 0.227 e. The maximum atomic E-state index is 13.0. The first-order chi connectivity index (χ1) is 11.3. The average molecular weight is 353 g/mol. The summed E-state index contributed by atoms with van der Waals surface area (Å²) in [7, 11) is 0. The van der Waals surface area contributed by atoms with Gasteiger partial charge in [-0.15, -0.1) is 12.4 Å². The molecule has 2 fully saturated rings. The van der Waals surface area contributed by atoms with E-state index < -0.39 is 0 Å². The number of benzene rings is 1. The molecule has 1 aromatic carbocycles. The highest BCUT2D eigenvalue weighted by atomic mass is 35.5. The lowest BCUT2D eigenvalue weighted by molar-refractivity contribution is -0.137. The summed E-state index contributed by atoms with van der Waals surface area (Å²) in [4.78, 5) is 15.0. The number of nitrogens with zero attached hydrogens (tertiary/aromatic N) is 1. The van der Waals surface area contributed by atoms with Crippen molar-refractivity contribution >= 4 is 18.3 Å². The molecule has 1 N–H and O–H groups in total. The molecule has 0 bridgehead atoms. The van der Waals surface area contributed by atoms with Crippen molar-refractivity contribution in [1.82, 2.24) is 10.2 Å². The SMILES string of the molecule is Cl.O=C(C1CCCNC1)N1CCCC1c1cccc2c1OCCO2. The number of nitrogens with one attached hydrogen (secondary N) is 1. The standard InChI is InChI=1S/C18H24N2O3.ClH/c21-18(13-4-2-8-19-12-13)20-9-3-6-15(20)14-5-1-7-16-17(14)23-11-10-22-16;/h1,5,7,13,15,19H,2-4,6,8-12H2;1H. The number of amides is 1. The molecule has 2 unspecified atom stereocenters. The van der Waals surface area contributed by atoms with Crippen LogP contribution in [0, 0.1) is 5.92 Å². The first kappa shape index (κ1) is 17.4. The van der Waals surface area contributed by atoms with E-state index in [0.29, 0.717) is 19.1 Å². The molecule has 2 saturated heterocycles. The number of piperidine rings is 1. The Bertz CT molecular complexity index is 590. The maximum absolute atomic E-state index is 13.0. The van der Waals surface area contributed by atoms with Gasteiger partial charge in [-0.1, -0.05) is 12.1 Å². The second-order valence-electron chi connectivity index (χ2n) is 6.60. The van der Waals surface area contributed by atoms with E-state index in [1.54, 1.807) is 0 Å². The van der Waals surface area contributed by atoms with Crippen molar-refractivity contribution in [1.29, 1.82) is 0 Å². The van der Waals surface area contributed by atoms with Gasteiger partial charge < -0.3 is 19.7 Å². The van der Waals surface area contributed by atoms with Crippen molar-refractivity contribution in [3.8, 4) is 11.5 Å². The predicted molar refractivity (Wildman–Crippen MR) is 94.0 cm³/mol. The van der Waals surface area contributed by atoms with Crippen molar-refractivity contribution in [2.75, 3.05) is 32.8 Å². The summed E-state index contributed by atoms with van der Waals surface area (Å²) in [6.07, 6.45) is 4.15. The van der Waals surface area contributed by atoms with Gasteiger partial charge in [-0.3, -0.25) is 4.79 Å². The first-order valence-electron chi connectivity index (χ1n) is 8.74. The average Bonchev–Trinajstić information content (AvgIpc) is 3.11. The highest BCUT2D eigenvalue weighted by Crippen LogP contribution is 2.43. The molecule has 0 radical (unpaired) electrons. The Morgan fingerprint density at radius 3 is 2.88 bits per heavy atom. The van der Waals surface area contributed by atoms with E-state index in [2.05, 4.69) is 16.3 Å². The predicted octanol–water partition coefficient (Wildman–Crippen LogP) is 2.54. The van der Waals surface area contributed by atoms with Crippen molar-refractivity contribution in [2.45, 2.75) is 31.7 Å². The topological polar surface area (TPSA) is 50.8 Å². The Morgan fingerprint density at radius 1 is 1.17 bits per heavy atom. The summed E-state index contributed by atoms with van der Waals surface area (Å²) in [5.74, 6) is 2.08. The highest BCUT2D eigenvalue weighted by molar-refractivity contribution is 5.85. The van der Waals surface area contributed by atoms with Gasteiger partial charge in [0.1, 0.15) is 13.2 Å². The van der Waals surface area contributed by atoms with Crippen molar-refractivity contribution in [3.05, 3.63) is 23.8 Å². The Labute approximate surface area is 149 Å². The molecule has 0 spiro atoms. The molecule has 132 valence electrons. The van der Waals surface area contributed by atoms with E-state index in [-0.39, 0.29) is 24.4 Å². The van der Waals surface area contributed by atoms with Gasteiger partial charge in [0.05, 0.1) is 12.0 Å². The second-order valence-corrected chi connectivity index (χ2v) is 6.60. The molecule has 3 heterocycles. The van der Waals surface area contributed by atoms with Crippen LogP contribution in [0.5, 0.6) is 11.5 Å². The Balaban J connectivity index is 0.00000169. The van der Waals surface area contributed by atoms with Gasteiger partial charge in [0.15, 0.2) is 11.5 Å². The van der Waals surface area contributed by atoms with Gasteiger partial charge >= 0.3 is 0 Å². The molecular formula is C18H25ClN2O3. The molecule has 0 saturated carbocycles. The molecule has 0 aromatic heterocycles. The molecule has 4 rings (SSSR count). The molecule has 1 amide bonds. The largest absolute Gasteiger partial charge is 0.486 e. The van der Waals surface area contributed by atoms with Crippen LogP contribution < -0.4 is 14.8 Å². The molecule has 0 aliphatic carbocycles. The number of carbonyl (C=O) groups excluding carboxylic acids is 1. The summed E-state index contributed by atoms with van der Waals surface area (Å²) in [6, 6.07) is 6.17. The quantitative estimate of drug-likeness (QED) is 0.888. The number of rotatable bonds is 2. The maximum Gasteiger partial charge on any atom is 0.227 e.